The van der Waals surface area contributed by atoms with Gasteiger partial charge in [0, 0.05) is 14.6 Å². The van der Waals surface area contributed by atoms with Gasteiger partial charge < -0.3 is 5.32 Å². The second kappa shape index (κ2) is 6.08. The van der Waals surface area contributed by atoms with E-state index < -0.39 is 0 Å². The van der Waals surface area contributed by atoms with Gasteiger partial charge in [0.2, 0.25) is 0 Å². The van der Waals surface area contributed by atoms with E-state index in [1.807, 2.05) is 22.7 Å². The zero-order valence-corrected chi connectivity index (χ0v) is 14.3. The lowest BCUT2D eigenvalue weighted by atomic mass is 9.98. The molecule has 0 aliphatic heterocycles. The van der Waals surface area contributed by atoms with Crippen molar-refractivity contribution in [1.29, 1.82) is 0 Å². The molecule has 0 saturated carbocycles. The van der Waals surface area contributed by atoms with Crippen molar-refractivity contribution >= 4 is 38.6 Å². The van der Waals surface area contributed by atoms with E-state index >= 15 is 0 Å². The van der Waals surface area contributed by atoms with E-state index in [9.17, 15) is 0 Å². The quantitative estimate of drug-likeness (QED) is 0.799. The van der Waals surface area contributed by atoms with Crippen molar-refractivity contribution in [2.24, 2.45) is 0 Å². The fourth-order valence-electron chi connectivity index (χ4n) is 2.68. The average molecular weight is 356 g/mol. The molecule has 0 spiro atoms. The summed E-state index contributed by atoms with van der Waals surface area (Å²) in [6.07, 6.45) is 5.29. The molecule has 0 amide bonds. The Balaban J connectivity index is 1.93. The Morgan fingerprint density at radius 3 is 2.74 bits per heavy atom. The second-order valence-corrected chi connectivity index (χ2v) is 8.60. The van der Waals surface area contributed by atoms with Crippen molar-refractivity contribution in [2.75, 3.05) is 6.54 Å². The number of fused-ring (bicyclic) bond motifs is 1. The summed E-state index contributed by atoms with van der Waals surface area (Å²) in [5, 5.41) is 3.64. The minimum atomic E-state index is 0.372. The largest absolute Gasteiger partial charge is 0.305 e. The zero-order chi connectivity index (χ0) is 13.2. The molecule has 19 heavy (non-hydrogen) atoms. The molecule has 1 N–H and O–H groups in total. The number of halogens is 1. The maximum atomic E-state index is 3.64. The third-order valence-electron chi connectivity index (χ3n) is 3.59. The molecular formula is C15H18BrNS2. The van der Waals surface area contributed by atoms with Crippen LogP contribution in [0.2, 0.25) is 0 Å². The molecule has 4 heteroatoms. The topological polar surface area (TPSA) is 12.0 Å². The van der Waals surface area contributed by atoms with Crippen LogP contribution < -0.4 is 5.32 Å². The highest BCUT2D eigenvalue weighted by molar-refractivity contribution is 9.11. The molecule has 0 fully saturated rings. The minimum absolute atomic E-state index is 0.372. The van der Waals surface area contributed by atoms with Crippen molar-refractivity contribution in [1.82, 2.24) is 5.32 Å². The van der Waals surface area contributed by atoms with Crippen molar-refractivity contribution in [2.45, 2.75) is 38.6 Å². The second-order valence-electron chi connectivity index (χ2n) is 4.94. The molecule has 2 aromatic rings. The van der Waals surface area contributed by atoms with Gasteiger partial charge in [0.15, 0.2) is 0 Å². The zero-order valence-electron chi connectivity index (χ0n) is 11.0. The Morgan fingerprint density at radius 1 is 1.21 bits per heavy atom. The first-order chi connectivity index (χ1) is 9.28. The lowest BCUT2D eigenvalue weighted by Crippen LogP contribution is -2.20. The highest BCUT2D eigenvalue weighted by Gasteiger charge is 2.21. The molecule has 0 saturated heterocycles. The van der Waals surface area contributed by atoms with E-state index in [0.29, 0.717) is 6.04 Å². The predicted octanol–water partition coefficient (Wildman–Crippen LogP) is 5.15. The highest BCUT2D eigenvalue weighted by Crippen LogP contribution is 2.38. The van der Waals surface area contributed by atoms with Gasteiger partial charge >= 0.3 is 0 Å². The lowest BCUT2D eigenvalue weighted by Gasteiger charge is -2.14. The predicted molar refractivity (Wildman–Crippen MR) is 88.5 cm³/mol. The fraction of sp³-hybridized carbons (Fsp3) is 0.467. The summed E-state index contributed by atoms with van der Waals surface area (Å²) in [6.45, 7) is 3.19. The van der Waals surface area contributed by atoms with Gasteiger partial charge in [-0.25, -0.2) is 0 Å². The van der Waals surface area contributed by atoms with Gasteiger partial charge in [-0.1, -0.05) is 6.92 Å². The van der Waals surface area contributed by atoms with Crippen LogP contribution in [-0.4, -0.2) is 6.54 Å². The smallest absolute Gasteiger partial charge is 0.0765 e. The third-order valence-corrected chi connectivity index (χ3v) is 6.58. The SMILES string of the molecule is CCNC(c1ccc(Br)s1)c1cc2c(s1)CCCC2. The standard InChI is InChI=1S/C15H18BrNS2/c1-2-17-15(12-7-8-14(16)19-12)13-9-10-5-3-4-6-11(10)18-13/h7-9,15,17H,2-6H2,1H3. The molecule has 1 nitrogen and oxygen atoms in total. The van der Waals surface area contributed by atoms with E-state index in [-0.39, 0.29) is 0 Å². The van der Waals surface area contributed by atoms with E-state index in [1.165, 1.54) is 39.2 Å². The van der Waals surface area contributed by atoms with Crippen LogP contribution in [0.1, 0.15) is 46.0 Å². The summed E-state index contributed by atoms with van der Waals surface area (Å²) in [7, 11) is 0. The first kappa shape index (κ1) is 13.8. The van der Waals surface area contributed by atoms with Crippen molar-refractivity contribution in [3.63, 3.8) is 0 Å². The molecule has 0 radical (unpaired) electrons. The van der Waals surface area contributed by atoms with Crippen molar-refractivity contribution in [3.05, 3.63) is 42.2 Å². The molecular weight excluding hydrogens is 338 g/mol. The van der Waals surface area contributed by atoms with Crippen LogP contribution in [0.25, 0.3) is 0 Å². The first-order valence-electron chi connectivity index (χ1n) is 6.88. The van der Waals surface area contributed by atoms with Gasteiger partial charge in [0.1, 0.15) is 0 Å². The normalized spacial score (nSPS) is 16.3. The lowest BCUT2D eigenvalue weighted by molar-refractivity contribution is 0.647. The summed E-state index contributed by atoms with van der Waals surface area (Å²) in [4.78, 5) is 4.52. The minimum Gasteiger partial charge on any atom is -0.305 e. The average Bonchev–Trinajstić information content (AvgIpc) is 3.01. The number of rotatable bonds is 4. The van der Waals surface area contributed by atoms with Crippen molar-refractivity contribution < 1.29 is 0 Å². The monoisotopic (exact) mass is 355 g/mol. The molecule has 2 heterocycles. The molecule has 1 aliphatic rings. The van der Waals surface area contributed by atoms with Gasteiger partial charge in [-0.3, -0.25) is 0 Å². The molecule has 0 bridgehead atoms. The number of hydrogen-bond acceptors (Lipinski definition) is 3. The van der Waals surface area contributed by atoms with Crippen molar-refractivity contribution in [3.8, 4) is 0 Å². The molecule has 0 aromatic carbocycles. The maximum absolute atomic E-state index is 3.64. The number of nitrogens with one attached hydrogen (secondary N) is 1. The first-order valence-corrected chi connectivity index (χ1v) is 9.30. The van der Waals surface area contributed by atoms with Gasteiger partial charge in [-0.2, -0.15) is 0 Å². The van der Waals surface area contributed by atoms with E-state index in [2.05, 4.69) is 46.4 Å². The molecule has 2 aromatic heterocycles. The van der Waals surface area contributed by atoms with Gasteiger partial charge in [0.05, 0.1) is 9.83 Å². The maximum Gasteiger partial charge on any atom is 0.0765 e. The summed E-state index contributed by atoms with van der Waals surface area (Å²) < 4.78 is 1.21. The Morgan fingerprint density at radius 2 is 2.05 bits per heavy atom. The fourth-order valence-corrected chi connectivity index (χ4v) is 5.63. The van der Waals surface area contributed by atoms with Gasteiger partial charge in [-0.05, 0) is 71.9 Å². The van der Waals surface area contributed by atoms with Crippen LogP contribution in [0.5, 0.6) is 0 Å². The third kappa shape index (κ3) is 2.97. The summed E-state index contributed by atoms with van der Waals surface area (Å²) in [6, 6.07) is 7.20. The molecule has 1 atom stereocenters. The van der Waals surface area contributed by atoms with Crippen LogP contribution in [0, 0.1) is 0 Å². The van der Waals surface area contributed by atoms with Gasteiger partial charge in [-0.15, -0.1) is 22.7 Å². The van der Waals surface area contributed by atoms with E-state index in [1.54, 1.807) is 10.4 Å². The van der Waals surface area contributed by atoms with Gasteiger partial charge in [0.25, 0.3) is 0 Å². The molecule has 1 aliphatic carbocycles. The summed E-state index contributed by atoms with van der Waals surface area (Å²) >= 11 is 7.43. The Kier molecular flexibility index (Phi) is 4.42. The highest BCUT2D eigenvalue weighted by atomic mass is 79.9. The Hall–Kier alpha value is -0.160. The summed E-state index contributed by atoms with van der Waals surface area (Å²) in [5.74, 6) is 0. The van der Waals surface area contributed by atoms with Crippen LogP contribution >= 0.6 is 38.6 Å². The number of thiophene rings is 2. The van der Waals surface area contributed by atoms with Crippen LogP contribution in [-0.2, 0) is 12.8 Å². The van der Waals surface area contributed by atoms with E-state index in [0.717, 1.165) is 6.54 Å². The molecule has 1 unspecified atom stereocenters. The Labute approximate surface area is 131 Å². The van der Waals surface area contributed by atoms with Crippen LogP contribution in [0.3, 0.4) is 0 Å². The molecule has 102 valence electrons. The Bertz CT molecular complexity index is 535. The number of hydrogen-bond donors (Lipinski definition) is 1. The van der Waals surface area contributed by atoms with Crippen LogP contribution in [0.4, 0.5) is 0 Å². The summed E-state index contributed by atoms with van der Waals surface area (Å²) in [5.41, 5.74) is 1.60. The van der Waals surface area contributed by atoms with E-state index in [4.69, 9.17) is 0 Å². The number of aryl methyl sites for hydroxylation is 2. The van der Waals surface area contributed by atoms with Crippen LogP contribution in [0.15, 0.2) is 22.0 Å². The molecule has 3 rings (SSSR count).